The van der Waals surface area contributed by atoms with E-state index >= 15 is 0 Å². The molecule has 0 saturated carbocycles. The van der Waals surface area contributed by atoms with Gasteiger partial charge in [0, 0.05) is 26.2 Å². The van der Waals surface area contributed by atoms with Crippen LogP contribution >= 0.6 is 0 Å². The van der Waals surface area contributed by atoms with E-state index in [1.54, 1.807) is 20.7 Å². The van der Waals surface area contributed by atoms with E-state index in [-0.39, 0.29) is 12.0 Å². The maximum Gasteiger partial charge on any atom is 0.410 e. The van der Waals surface area contributed by atoms with Gasteiger partial charge in [-0.2, -0.15) is 5.10 Å². The molecular weight excluding hydrogens is 344 g/mol. The van der Waals surface area contributed by atoms with Gasteiger partial charge in [-0.1, -0.05) is 18.2 Å². The van der Waals surface area contributed by atoms with Crippen LogP contribution in [0.4, 0.5) is 4.79 Å². The first-order valence-corrected chi connectivity index (χ1v) is 9.13. The second kappa shape index (κ2) is 7.42. The zero-order valence-electron chi connectivity index (χ0n) is 16.3. The molecule has 2 heterocycles. The van der Waals surface area contributed by atoms with Gasteiger partial charge in [0.1, 0.15) is 5.60 Å². The molecule has 0 N–H and O–H groups in total. The third-order valence-corrected chi connectivity index (χ3v) is 4.46. The van der Waals surface area contributed by atoms with E-state index < -0.39 is 5.60 Å². The molecule has 144 valence electrons. The molecule has 1 aromatic heterocycles. The summed E-state index contributed by atoms with van der Waals surface area (Å²) in [5.74, 6) is -0.0569. The van der Waals surface area contributed by atoms with E-state index in [0.29, 0.717) is 31.7 Å². The van der Waals surface area contributed by atoms with Crippen LogP contribution in [0.5, 0.6) is 0 Å². The first-order valence-electron chi connectivity index (χ1n) is 9.13. The molecule has 0 unspecified atom stereocenters. The molecule has 1 saturated heterocycles. The molecule has 1 aliphatic heterocycles. The zero-order chi connectivity index (χ0) is 19.6. The van der Waals surface area contributed by atoms with Crippen LogP contribution in [0.3, 0.4) is 0 Å². The quantitative estimate of drug-likeness (QED) is 0.815. The van der Waals surface area contributed by atoms with Crippen molar-refractivity contribution in [3.8, 4) is 5.69 Å². The average Bonchev–Trinajstić information content (AvgIpc) is 3.02. The van der Waals surface area contributed by atoms with Crippen LogP contribution < -0.4 is 0 Å². The summed E-state index contributed by atoms with van der Waals surface area (Å²) in [6.45, 7) is 9.32. The second-order valence-electron chi connectivity index (χ2n) is 7.65. The molecule has 1 aliphatic rings. The van der Waals surface area contributed by atoms with Gasteiger partial charge in [0.15, 0.2) is 0 Å². The number of ether oxygens (including phenoxy) is 1. The normalized spacial score (nSPS) is 15.0. The van der Waals surface area contributed by atoms with Gasteiger partial charge in [-0.05, 0) is 39.8 Å². The van der Waals surface area contributed by atoms with Crippen LogP contribution in [0.25, 0.3) is 5.69 Å². The number of para-hydroxylation sites is 1. The van der Waals surface area contributed by atoms with Crippen molar-refractivity contribution in [3.63, 3.8) is 0 Å². The number of carbonyl (C=O) groups excluding carboxylic acids is 2. The summed E-state index contributed by atoms with van der Waals surface area (Å²) in [5.41, 5.74) is 1.79. The number of piperazine rings is 1. The third kappa shape index (κ3) is 4.30. The van der Waals surface area contributed by atoms with Crippen LogP contribution in [0, 0.1) is 6.92 Å². The van der Waals surface area contributed by atoms with Crippen molar-refractivity contribution >= 4 is 12.0 Å². The summed E-state index contributed by atoms with van der Waals surface area (Å²) >= 11 is 0. The standard InChI is InChI=1S/C20H26N4O3/c1-15-17(14-21-24(15)16-8-6-5-7-9-16)18(25)22-10-12-23(13-11-22)19(26)27-20(2,3)4/h5-9,14H,10-13H2,1-4H3. The molecule has 0 radical (unpaired) electrons. The summed E-state index contributed by atoms with van der Waals surface area (Å²) in [6, 6.07) is 9.72. The summed E-state index contributed by atoms with van der Waals surface area (Å²) in [4.78, 5) is 28.5. The number of hydrogen-bond acceptors (Lipinski definition) is 4. The van der Waals surface area contributed by atoms with Crippen molar-refractivity contribution in [1.29, 1.82) is 0 Å². The fourth-order valence-corrected chi connectivity index (χ4v) is 3.04. The monoisotopic (exact) mass is 370 g/mol. The Morgan fingerprint density at radius 3 is 2.19 bits per heavy atom. The number of amides is 2. The molecule has 2 amide bonds. The Labute approximate surface area is 159 Å². The Bertz CT molecular complexity index is 815. The SMILES string of the molecule is Cc1c(C(=O)N2CCN(C(=O)OC(C)(C)C)CC2)cnn1-c1ccccc1. The van der Waals surface area contributed by atoms with E-state index in [9.17, 15) is 9.59 Å². The maximum absolute atomic E-state index is 12.9. The van der Waals surface area contributed by atoms with Gasteiger partial charge in [0.2, 0.25) is 0 Å². The lowest BCUT2D eigenvalue weighted by molar-refractivity contribution is 0.0140. The summed E-state index contributed by atoms with van der Waals surface area (Å²) in [6.07, 6.45) is 1.29. The highest BCUT2D eigenvalue weighted by molar-refractivity contribution is 5.95. The topological polar surface area (TPSA) is 67.7 Å². The lowest BCUT2D eigenvalue weighted by atomic mass is 10.2. The van der Waals surface area contributed by atoms with Crippen molar-refractivity contribution in [2.75, 3.05) is 26.2 Å². The number of hydrogen-bond donors (Lipinski definition) is 0. The second-order valence-corrected chi connectivity index (χ2v) is 7.65. The average molecular weight is 370 g/mol. The Kier molecular flexibility index (Phi) is 5.21. The zero-order valence-corrected chi connectivity index (χ0v) is 16.3. The molecule has 3 rings (SSSR count). The summed E-state index contributed by atoms with van der Waals surface area (Å²) in [5, 5.41) is 4.37. The Hall–Kier alpha value is -2.83. The molecule has 0 atom stereocenters. The van der Waals surface area contributed by atoms with Crippen LogP contribution in [0.15, 0.2) is 36.5 Å². The highest BCUT2D eigenvalue weighted by atomic mass is 16.6. The molecule has 2 aromatic rings. The minimum absolute atomic E-state index is 0.0569. The van der Waals surface area contributed by atoms with Crippen LogP contribution in [0.1, 0.15) is 36.8 Å². The fraction of sp³-hybridized carbons (Fsp3) is 0.450. The van der Waals surface area contributed by atoms with E-state index in [0.717, 1.165) is 11.4 Å². The Morgan fingerprint density at radius 2 is 1.59 bits per heavy atom. The van der Waals surface area contributed by atoms with Gasteiger partial charge >= 0.3 is 6.09 Å². The van der Waals surface area contributed by atoms with Crippen LogP contribution in [0.2, 0.25) is 0 Å². The van der Waals surface area contributed by atoms with Crippen molar-refractivity contribution in [2.24, 2.45) is 0 Å². The predicted octanol–water partition coefficient (Wildman–Crippen LogP) is 2.87. The van der Waals surface area contributed by atoms with Gasteiger partial charge in [-0.25, -0.2) is 9.48 Å². The van der Waals surface area contributed by atoms with Gasteiger partial charge in [0.25, 0.3) is 5.91 Å². The van der Waals surface area contributed by atoms with Crippen LogP contribution in [-0.4, -0.2) is 63.4 Å². The molecule has 0 aliphatic carbocycles. The minimum atomic E-state index is -0.521. The third-order valence-electron chi connectivity index (χ3n) is 4.46. The molecular formula is C20H26N4O3. The number of carbonyl (C=O) groups is 2. The first-order chi connectivity index (χ1) is 12.8. The minimum Gasteiger partial charge on any atom is -0.444 e. The predicted molar refractivity (Wildman–Crippen MR) is 102 cm³/mol. The maximum atomic E-state index is 12.9. The molecule has 1 fully saturated rings. The van der Waals surface area contributed by atoms with Crippen LogP contribution in [-0.2, 0) is 4.74 Å². The number of rotatable bonds is 2. The first kappa shape index (κ1) is 18.9. The molecule has 0 spiro atoms. The molecule has 27 heavy (non-hydrogen) atoms. The van der Waals surface area contributed by atoms with Crippen molar-refractivity contribution in [1.82, 2.24) is 19.6 Å². The van der Waals surface area contributed by atoms with Gasteiger partial charge < -0.3 is 14.5 Å². The number of aromatic nitrogens is 2. The largest absolute Gasteiger partial charge is 0.444 e. The lowest BCUT2D eigenvalue weighted by Crippen LogP contribution is -2.51. The Morgan fingerprint density at radius 1 is 1.00 bits per heavy atom. The Balaban J connectivity index is 1.65. The number of nitrogens with zero attached hydrogens (tertiary/aromatic N) is 4. The van der Waals surface area contributed by atoms with Crippen molar-refractivity contribution in [3.05, 3.63) is 47.8 Å². The van der Waals surface area contributed by atoms with Gasteiger partial charge in [-0.3, -0.25) is 4.79 Å². The molecule has 0 bridgehead atoms. The van der Waals surface area contributed by atoms with E-state index in [1.165, 1.54) is 0 Å². The van der Waals surface area contributed by atoms with E-state index in [2.05, 4.69) is 5.10 Å². The van der Waals surface area contributed by atoms with Gasteiger partial charge in [-0.15, -0.1) is 0 Å². The van der Waals surface area contributed by atoms with Gasteiger partial charge in [0.05, 0.1) is 23.1 Å². The van der Waals surface area contributed by atoms with Crippen molar-refractivity contribution in [2.45, 2.75) is 33.3 Å². The fourth-order valence-electron chi connectivity index (χ4n) is 3.04. The van der Waals surface area contributed by atoms with E-state index in [4.69, 9.17) is 4.74 Å². The highest BCUT2D eigenvalue weighted by Gasteiger charge is 2.29. The van der Waals surface area contributed by atoms with E-state index in [1.807, 2.05) is 58.0 Å². The highest BCUT2D eigenvalue weighted by Crippen LogP contribution is 2.17. The summed E-state index contributed by atoms with van der Waals surface area (Å²) in [7, 11) is 0. The summed E-state index contributed by atoms with van der Waals surface area (Å²) < 4.78 is 7.17. The van der Waals surface area contributed by atoms with Crippen molar-refractivity contribution < 1.29 is 14.3 Å². The molecule has 1 aromatic carbocycles. The number of benzene rings is 1. The smallest absolute Gasteiger partial charge is 0.410 e. The molecule has 7 heteroatoms. The lowest BCUT2D eigenvalue weighted by Gasteiger charge is -2.35. The molecule has 7 nitrogen and oxygen atoms in total.